The Morgan fingerprint density at radius 3 is 1.76 bits per heavy atom. The molecule has 0 saturated carbocycles. The third-order valence-corrected chi connectivity index (χ3v) is 23.1. The second kappa shape index (κ2) is 17.4. The SMILES string of the molecule is C=CC[C@@H](O)[C@@H](C)CC(C)(C(OC(=O)c1ccccc1)[C@@H](C)[C@@H](C[C@@H](C)O[Si](C)(C)C(C)(C)C)O[Si](C)(C)C(C)(C)C)S(=O)(=O)c1ccccc1. The third kappa shape index (κ3) is 11.2. The average Bonchev–Trinajstić information content (AvgIpc) is 3.02. The molecule has 0 aliphatic carbocycles. The number of hydrogen-bond acceptors (Lipinski definition) is 7. The summed E-state index contributed by atoms with van der Waals surface area (Å²) in [5.74, 6) is -1.68. The Labute approximate surface area is 312 Å². The molecule has 288 valence electrons. The number of carbonyl (C=O) groups excluding carboxylic acids is 1. The Bertz CT molecular complexity index is 1510. The van der Waals surface area contributed by atoms with Crippen LogP contribution in [0.5, 0.6) is 0 Å². The van der Waals surface area contributed by atoms with Crippen LogP contribution in [0.1, 0.15) is 98.9 Å². The largest absolute Gasteiger partial charge is 0.457 e. The minimum absolute atomic E-state index is 0.0127. The molecule has 51 heavy (non-hydrogen) atoms. The highest BCUT2D eigenvalue weighted by Gasteiger charge is 2.55. The number of aliphatic hydroxyl groups excluding tert-OH is 1. The molecule has 0 spiro atoms. The van der Waals surface area contributed by atoms with Gasteiger partial charge < -0.3 is 18.7 Å². The summed E-state index contributed by atoms with van der Waals surface area (Å²) in [6, 6.07) is 17.0. The number of carbonyl (C=O) groups is 1. The molecule has 2 unspecified atom stereocenters. The first-order valence-corrected chi connectivity index (χ1v) is 25.7. The van der Waals surface area contributed by atoms with Crippen LogP contribution in [0.4, 0.5) is 0 Å². The van der Waals surface area contributed by atoms with E-state index in [1.54, 1.807) is 67.6 Å². The molecule has 1 N–H and O–H groups in total. The molecule has 0 aliphatic heterocycles. The van der Waals surface area contributed by atoms with Crippen LogP contribution >= 0.6 is 0 Å². The predicted molar refractivity (Wildman–Crippen MR) is 216 cm³/mol. The van der Waals surface area contributed by atoms with E-state index in [9.17, 15) is 9.90 Å². The second-order valence-electron chi connectivity index (χ2n) is 17.8. The zero-order valence-corrected chi connectivity index (χ0v) is 36.8. The van der Waals surface area contributed by atoms with E-state index < -0.39 is 67.3 Å². The minimum atomic E-state index is -4.18. The summed E-state index contributed by atoms with van der Waals surface area (Å²) in [5.41, 5.74) is 0.324. The van der Waals surface area contributed by atoms with E-state index in [1.807, 2.05) is 19.9 Å². The van der Waals surface area contributed by atoms with Crippen molar-refractivity contribution in [3.63, 3.8) is 0 Å². The first-order valence-electron chi connectivity index (χ1n) is 18.4. The van der Waals surface area contributed by atoms with Crippen LogP contribution in [0.2, 0.25) is 36.3 Å². The summed E-state index contributed by atoms with van der Waals surface area (Å²) in [7, 11) is -8.82. The molecule has 0 saturated heterocycles. The maximum absolute atomic E-state index is 15.1. The van der Waals surface area contributed by atoms with Crippen molar-refractivity contribution in [2.24, 2.45) is 11.8 Å². The average molecular weight is 761 g/mol. The molecule has 0 heterocycles. The van der Waals surface area contributed by atoms with E-state index in [-0.39, 0.29) is 27.5 Å². The fraction of sp³-hybridized carbons (Fsp3) is 0.634. The normalized spacial score (nSPS) is 18.1. The highest BCUT2D eigenvalue weighted by atomic mass is 32.2. The van der Waals surface area contributed by atoms with Gasteiger partial charge in [-0.1, -0.05) is 97.9 Å². The molecule has 10 heteroatoms. The molecule has 2 aromatic rings. The van der Waals surface area contributed by atoms with E-state index >= 15 is 8.42 Å². The Balaban J connectivity index is 2.90. The van der Waals surface area contributed by atoms with Crippen molar-refractivity contribution in [1.29, 1.82) is 0 Å². The van der Waals surface area contributed by atoms with Crippen molar-refractivity contribution in [3.05, 3.63) is 78.9 Å². The van der Waals surface area contributed by atoms with Crippen LogP contribution < -0.4 is 0 Å². The number of benzene rings is 2. The summed E-state index contributed by atoms with van der Waals surface area (Å²) >= 11 is 0. The number of sulfone groups is 1. The molecular weight excluding hydrogens is 693 g/mol. The molecule has 7 atom stereocenters. The number of esters is 1. The molecule has 7 nitrogen and oxygen atoms in total. The number of rotatable bonds is 18. The monoisotopic (exact) mass is 760 g/mol. The van der Waals surface area contributed by atoms with Gasteiger partial charge in [-0.2, -0.15) is 0 Å². The van der Waals surface area contributed by atoms with Gasteiger partial charge in [0, 0.05) is 12.0 Å². The first kappa shape index (κ1) is 45.1. The third-order valence-electron chi connectivity index (χ3n) is 11.5. The highest BCUT2D eigenvalue weighted by molar-refractivity contribution is 7.92. The fourth-order valence-electron chi connectivity index (χ4n) is 6.15. The van der Waals surface area contributed by atoms with E-state index in [0.717, 1.165) is 0 Å². The molecule has 0 amide bonds. The molecule has 0 radical (unpaired) electrons. The van der Waals surface area contributed by atoms with Crippen molar-refractivity contribution in [1.82, 2.24) is 0 Å². The van der Waals surface area contributed by atoms with Crippen LogP contribution in [0.25, 0.3) is 0 Å². The first-order chi connectivity index (χ1) is 23.2. The second-order valence-corrected chi connectivity index (χ2v) is 29.7. The standard InChI is InChI=1S/C41H68O7SSi2/c1-16-23-35(42)30(2)29-41(11,49(44,45)34-26-21-18-22-27-34)37(46-38(43)33-24-19-17-20-25-33)32(4)36(48-51(14,15)40(8,9)10)28-31(3)47-50(12,13)39(5,6)7/h16-22,24-27,30-32,35-37,42H,1,23,28-29H2,2-15H3/t30-,31+,32-,35+,36+,37?,41?/m0/s1. The van der Waals surface area contributed by atoms with Crippen molar-refractivity contribution in [2.75, 3.05) is 0 Å². The summed E-state index contributed by atoms with van der Waals surface area (Å²) in [5, 5.41) is 11.0. The lowest BCUT2D eigenvalue weighted by Crippen LogP contribution is -2.57. The van der Waals surface area contributed by atoms with Crippen molar-refractivity contribution >= 4 is 32.4 Å². The molecule has 2 aromatic carbocycles. The van der Waals surface area contributed by atoms with Crippen molar-refractivity contribution < 1.29 is 31.9 Å². The Morgan fingerprint density at radius 2 is 1.29 bits per heavy atom. The van der Waals surface area contributed by atoms with Gasteiger partial charge in [0.05, 0.1) is 22.7 Å². The number of hydrogen-bond donors (Lipinski definition) is 1. The molecule has 0 aliphatic rings. The lowest BCUT2D eigenvalue weighted by atomic mass is 9.80. The van der Waals surface area contributed by atoms with Crippen LogP contribution in [0, 0.1) is 11.8 Å². The van der Waals surface area contributed by atoms with Gasteiger partial charge in [0.2, 0.25) is 0 Å². The van der Waals surface area contributed by atoms with Gasteiger partial charge in [-0.05, 0) is 99.6 Å². The van der Waals surface area contributed by atoms with Crippen molar-refractivity contribution in [2.45, 2.75) is 159 Å². The molecule has 0 aromatic heterocycles. The summed E-state index contributed by atoms with van der Waals surface area (Å²) in [6.07, 6.45) is -0.292. The lowest BCUT2D eigenvalue weighted by Gasteiger charge is -2.47. The van der Waals surface area contributed by atoms with E-state index in [1.165, 1.54) is 0 Å². The van der Waals surface area contributed by atoms with E-state index in [2.05, 4.69) is 81.2 Å². The number of aliphatic hydroxyl groups is 1. The minimum Gasteiger partial charge on any atom is -0.457 e. The molecular formula is C41H68O7SSi2. The fourth-order valence-corrected chi connectivity index (χ4v) is 11.1. The molecule has 2 rings (SSSR count). The maximum atomic E-state index is 15.1. The summed E-state index contributed by atoms with van der Waals surface area (Å²) in [4.78, 5) is 14.2. The van der Waals surface area contributed by atoms with Gasteiger partial charge >= 0.3 is 5.97 Å². The van der Waals surface area contributed by atoms with Gasteiger partial charge in [-0.25, -0.2) is 13.2 Å². The van der Waals surface area contributed by atoms with Crippen LogP contribution in [0.3, 0.4) is 0 Å². The van der Waals surface area contributed by atoms with E-state index in [0.29, 0.717) is 18.4 Å². The van der Waals surface area contributed by atoms with Gasteiger partial charge in [-0.15, -0.1) is 6.58 Å². The maximum Gasteiger partial charge on any atom is 0.338 e. The van der Waals surface area contributed by atoms with Crippen molar-refractivity contribution in [3.8, 4) is 0 Å². The topological polar surface area (TPSA) is 99.1 Å². The summed E-state index contributed by atoms with van der Waals surface area (Å²) in [6.45, 7) is 33.3. The van der Waals surface area contributed by atoms with Gasteiger partial charge in [0.25, 0.3) is 0 Å². The zero-order chi connectivity index (χ0) is 39.2. The Kier molecular flexibility index (Phi) is 15.4. The smallest absolute Gasteiger partial charge is 0.338 e. The van der Waals surface area contributed by atoms with Gasteiger partial charge in [0.15, 0.2) is 26.5 Å². The van der Waals surface area contributed by atoms with Gasteiger partial charge in [-0.3, -0.25) is 0 Å². The Morgan fingerprint density at radius 1 is 0.824 bits per heavy atom. The zero-order valence-electron chi connectivity index (χ0n) is 33.9. The highest BCUT2D eigenvalue weighted by Crippen LogP contribution is 2.45. The van der Waals surface area contributed by atoms with Crippen LogP contribution in [0.15, 0.2) is 78.2 Å². The number of ether oxygens (including phenoxy) is 1. The van der Waals surface area contributed by atoms with E-state index in [4.69, 9.17) is 13.6 Å². The van der Waals surface area contributed by atoms with Gasteiger partial charge in [0.1, 0.15) is 10.9 Å². The molecule has 0 fully saturated rings. The van der Waals surface area contributed by atoms with Crippen LogP contribution in [-0.2, 0) is 23.4 Å². The predicted octanol–water partition coefficient (Wildman–Crippen LogP) is 10.2. The quantitative estimate of drug-likeness (QED) is 0.0917. The lowest BCUT2D eigenvalue weighted by molar-refractivity contribution is -0.0389. The Hall–Kier alpha value is -2.09. The van der Waals surface area contributed by atoms with Crippen LogP contribution in [-0.4, -0.2) is 65.3 Å². The molecule has 0 bridgehead atoms. The summed E-state index contributed by atoms with van der Waals surface area (Å²) < 4.78 is 49.1.